The van der Waals surface area contributed by atoms with E-state index in [0.29, 0.717) is 25.8 Å². The summed E-state index contributed by atoms with van der Waals surface area (Å²) in [6, 6.07) is -9.52. The summed E-state index contributed by atoms with van der Waals surface area (Å²) in [5.41, 5.74) is 43.4. The van der Waals surface area contributed by atoms with Gasteiger partial charge in [0.25, 0.3) is 0 Å². The number of nitrogens with two attached hydrogens (primary N) is 8. The number of carboxylic acids is 1. The van der Waals surface area contributed by atoms with E-state index in [1.807, 2.05) is 0 Å². The van der Waals surface area contributed by atoms with Gasteiger partial charge in [0.15, 0.2) is 11.9 Å². The molecule has 0 bridgehead atoms. The maximum Gasteiger partial charge on any atom is 0.326 e. The molecule has 0 aliphatic carbocycles. The molecule has 0 aromatic rings. The van der Waals surface area contributed by atoms with Crippen molar-refractivity contribution in [3.8, 4) is 0 Å². The Morgan fingerprint density at radius 1 is 0.603 bits per heavy atom. The molecular formula is C36H66N16O11. The van der Waals surface area contributed by atoms with Crippen molar-refractivity contribution in [1.29, 1.82) is 0 Å². The van der Waals surface area contributed by atoms with E-state index < -0.39 is 109 Å². The van der Waals surface area contributed by atoms with Crippen LogP contribution in [0.5, 0.6) is 0 Å². The minimum absolute atomic E-state index is 0.0246. The van der Waals surface area contributed by atoms with Gasteiger partial charge in [0.05, 0.1) is 12.6 Å². The number of aliphatic carboxylic acids is 1. The zero-order chi connectivity index (χ0) is 47.6. The minimum atomic E-state index is -1.70. The van der Waals surface area contributed by atoms with Crippen LogP contribution in [0.1, 0.15) is 83.5 Å². The molecule has 1 fully saturated rings. The average molecular weight is 899 g/mol. The summed E-state index contributed by atoms with van der Waals surface area (Å²) in [6.07, 6.45) is 0.609. The average Bonchev–Trinajstić information content (AvgIpc) is 3.71. The van der Waals surface area contributed by atoms with Crippen LogP contribution in [0.15, 0.2) is 9.98 Å². The summed E-state index contributed by atoms with van der Waals surface area (Å²) in [6.45, 7) is -0.513. The van der Waals surface area contributed by atoms with Crippen molar-refractivity contribution in [2.75, 3.05) is 32.8 Å². The molecule has 0 saturated carbocycles. The minimum Gasteiger partial charge on any atom is -0.480 e. The number of hydrogen-bond donors (Lipinski definition) is 15. The number of aliphatic imine (C=N–C) groups is 2. The van der Waals surface area contributed by atoms with Crippen LogP contribution in [0, 0.1) is 0 Å². The molecule has 1 aliphatic heterocycles. The normalized spacial score (nSPS) is 16.1. The number of carbonyl (C=O) groups excluding carboxylic acids is 8. The molecule has 8 amide bonds. The number of guanidine groups is 2. The van der Waals surface area contributed by atoms with E-state index in [2.05, 4.69) is 36.6 Å². The number of hydrogen-bond acceptors (Lipinski definition) is 14. The van der Waals surface area contributed by atoms with Crippen molar-refractivity contribution < 1.29 is 53.4 Å². The number of primary amides is 2. The second-order valence-electron chi connectivity index (χ2n) is 14.8. The number of nitrogens with one attached hydrogen (secondary N) is 5. The van der Waals surface area contributed by atoms with Crippen LogP contribution in [0.25, 0.3) is 0 Å². The lowest BCUT2D eigenvalue weighted by Crippen LogP contribution is -2.60. The Bertz CT molecular complexity index is 1640. The third-order valence-corrected chi connectivity index (χ3v) is 9.70. The molecule has 356 valence electrons. The number of carbonyl (C=O) groups is 9. The number of nitrogens with zero attached hydrogens (tertiary/aromatic N) is 3. The lowest BCUT2D eigenvalue weighted by atomic mass is 10.0. The lowest BCUT2D eigenvalue weighted by molar-refractivity contribution is -0.143. The van der Waals surface area contributed by atoms with Crippen molar-refractivity contribution in [3.05, 3.63) is 0 Å². The quantitative estimate of drug-likeness (QED) is 0.0175. The second kappa shape index (κ2) is 29.0. The van der Waals surface area contributed by atoms with Gasteiger partial charge in [-0.1, -0.05) is 0 Å². The number of carboxylic acid groups (broad SMARTS) is 1. The third kappa shape index (κ3) is 21.3. The highest BCUT2D eigenvalue weighted by Gasteiger charge is 2.40. The van der Waals surface area contributed by atoms with Crippen molar-refractivity contribution >= 4 is 65.1 Å². The zero-order valence-corrected chi connectivity index (χ0v) is 35.3. The standard InChI is InChI=1S/C36H66N16O11/c37-14-2-1-6-20(47-28(56)19(38)10-12-26(39)54)29(57)49-22(7-3-15-45-35(41)42)33(61)52-17-5-9-25(52)32(60)51-24(18-53)31(59)48-21(11-13-27(40)55)30(58)50-23(34(62)63)8-4-16-46-36(43)44/h19-25,53H,1-18,37-38H2,(H2,39,54)(H2,40,55)(H,47,56)(H,48,59)(H,49,57)(H,50,58)(H,51,60)(H,62,63)(H4,41,42,45)(H4,43,44,46)/t19-,20-,21-,22-,23-,24-,25-/m0/s1. The first-order valence-electron chi connectivity index (χ1n) is 20.5. The lowest BCUT2D eigenvalue weighted by Gasteiger charge is -2.31. The van der Waals surface area contributed by atoms with Gasteiger partial charge in [0.1, 0.15) is 36.3 Å². The molecule has 7 atom stereocenters. The van der Waals surface area contributed by atoms with E-state index in [-0.39, 0.29) is 89.3 Å². The van der Waals surface area contributed by atoms with Crippen molar-refractivity contribution in [2.45, 2.75) is 126 Å². The van der Waals surface area contributed by atoms with Crippen LogP contribution in [0.2, 0.25) is 0 Å². The maximum absolute atomic E-state index is 14.2. The van der Waals surface area contributed by atoms with Crippen molar-refractivity contribution in [3.63, 3.8) is 0 Å². The molecule has 0 spiro atoms. The van der Waals surface area contributed by atoms with E-state index in [9.17, 15) is 53.4 Å². The molecule has 1 saturated heterocycles. The highest BCUT2D eigenvalue weighted by molar-refractivity contribution is 5.97. The molecule has 0 aromatic carbocycles. The first kappa shape index (κ1) is 54.7. The van der Waals surface area contributed by atoms with Crippen LogP contribution in [-0.4, -0.2) is 155 Å². The molecule has 1 heterocycles. The Labute approximate surface area is 364 Å². The number of rotatable bonds is 31. The van der Waals surface area contributed by atoms with E-state index in [1.165, 1.54) is 4.90 Å². The Hall–Kier alpha value is -6.35. The van der Waals surface area contributed by atoms with Gasteiger partial charge >= 0.3 is 5.97 Å². The molecule has 0 unspecified atom stereocenters. The van der Waals surface area contributed by atoms with Gasteiger partial charge in [-0.05, 0) is 77.2 Å². The Kier molecular flexibility index (Phi) is 25.2. The molecule has 27 nitrogen and oxygen atoms in total. The van der Waals surface area contributed by atoms with Gasteiger partial charge in [-0.25, -0.2) is 4.79 Å². The molecular weight excluding hydrogens is 832 g/mol. The zero-order valence-electron chi connectivity index (χ0n) is 35.3. The van der Waals surface area contributed by atoms with Gasteiger partial charge in [-0.2, -0.15) is 0 Å². The Morgan fingerprint density at radius 2 is 1.08 bits per heavy atom. The van der Waals surface area contributed by atoms with E-state index in [4.69, 9.17) is 45.9 Å². The summed E-state index contributed by atoms with van der Waals surface area (Å²) in [5, 5.41) is 32.0. The number of likely N-dealkylation sites (tertiary alicyclic amines) is 1. The van der Waals surface area contributed by atoms with Crippen LogP contribution in [0.3, 0.4) is 0 Å². The monoisotopic (exact) mass is 899 g/mol. The molecule has 0 radical (unpaired) electrons. The van der Waals surface area contributed by atoms with Gasteiger partial charge in [0.2, 0.25) is 47.3 Å². The maximum atomic E-state index is 14.2. The third-order valence-electron chi connectivity index (χ3n) is 9.70. The smallest absolute Gasteiger partial charge is 0.326 e. The van der Waals surface area contributed by atoms with E-state index in [0.717, 1.165) is 0 Å². The topological polar surface area (TPSA) is 490 Å². The first-order valence-corrected chi connectivity index (χ1v) is 20.5. The fourth-order valence-corrected chi connectivity index (χ4v) is 6.33. The van der Waals surface area contributed by atoms with Gasteiger partial charge in [-0.15, -0.1) is 0 Å². The van der Waals surface area contributed by atoms with Crippen LogP contribution < -0.4 is 72.5 Å². The highest BCUT2D eigenvalue weighted by Crippen LogP contribution is 2.20. The van der Waals surface area contributed by atoms with Crippen LogP contribution >= 0.6 is 0 Å². The van der Waals surface area contributed by atoms with E-state index >= 15 is 0 Å². The predicted molar refractivity (Wildman–Crippen MR) is 227 cm³/mol. The number of aliphatic hydroxyl groups excluding tert-OH is 1. The van der Waals surface area contributed by atoms with E-state index in [1.54, 1.807) is 0 Å². The predicted octanol–water partition coefficient (Wildman–Crippen LogP) is -7.43. The SMILES string of the molecule is NCCCC[C@H](NC(=O)[C@@H](N)CCC(N)=O)C(=O)N[C@@H](CCCN=C(N)N)C(=O)N1CCC[C@H]1C(=O)N[C@@H](CO)C(=O)N[C@@H](CCC(N)=O)C(=O)N[C@@H](CCCN=C(N)N)C(=O)O. The van der Waals surface area contributed by atoms with Crippen LogP contribution in [-0.2, 0) is 43.2 Å². The summed E-state index contributed by atoms with van der Waals surface area (Å²) in [5.74, 6) is -8.51. The van der Waals surface area contributed by atoms with Crippen LogP contribution in [0.4, 0.5) is 0 Å². The van der Waals surface area contributed by atoms with Gasteiger partial charge in [0, 0.05) is 32.5 Å². The Morgan fingerprint density at radius 3 is 1.60 bits per heavy atom. The molecule has 1 rings (SSSR count). The first-order chi connectivity index (χ1) is 29.7. The fraction of sp³-hybridized carbons (Fsp3) is 0.694. The van der Waals surface area contributed by atoms with Gasteiger partial charge in [-0.3, -0.25) is 48.3 Å². The van der Waals surface area contributed by atoms with Gasteiger partial charge < -0.3 is 87.6 Å². The largest absolute Gasteiger partial charge is 0.480 e. The van der Waals surface area contributed by atoms with Crippen molar-refractivity contribution in [2.24, 2.45) is 55.9 Å². The highest BCUT2D eigenvalue weighted by atomic mass is 16.4. The summed E-state index contributed by atoms with van der Waals surface area (Å²) in [7, 11) is 0. The molecule has 23 N–H and O–H groups in total. The number of amides is 8. The molecule has 0 aromatic heterocycles. The summed E-state index contributed by atoms with van der Waals surface area (Å²) >= 11 is 0. The number of unbranched alkanes of at least 4 members (excludes halogenated alkanes) is 1. The fourth-order valence-electron chi connectivity index (χ4n) is 6.33. The second-order valence-corrected chi connectivity index (χ2v) is 14.8. The molecule has 63 heavy (non-hydrogen) atoms. The Balaban J connectivity index is 3.27. The summed E-state index contributed by atoms with van der Waals surface area (Å²) in [4.78, 5) is 125. The van der Waals surface area contributed by atoms with Crippen molar-refractivity contribution in [1.82, 2.24) is 31.5 Å². The summed E-state index contributed by atoms with van der Waals surface area (Å²) < 4.78 is 0. The number of aliphatic hydroxyl groups is 1. The molecule has 27 heteroatoms. The molecule has 1 aliphatic rings.